The van der Waals surface area contributed by atoms with Gasteiger partial charge < -0.3 is 4.74 Å². The summed E-state index contributed by atoms with van der Waals surface area (Å²) in [7, 11) is 1.85. The second kappa shape index (κ2) is 7.79. The highest BCUT2D eigenvalue weighted by Gasteiger charge is 2.20. The van der Waals surface area contributed by atoms with Crippen molar-refractivity contribution in [1.29, 1.82) is 0 Å². The summed E-state index contributed by atoms with van der Waals surface area (Å²) in [6.07, 6.45) is 8.19. The molecule has 1 heteroatoms. The Labute approximate surface area is 140 Å². The zero-order valence-corrected chi connectivity index (χ0v) is 14.4. The van der Waals surface area contributed by atoms with E-state index in [0.717, 1.165) is 5.92 Å². The van der Waals surface area contributed by atoms with Gasteiger partial charge in [0.25, 0.3) is 0 Å². The van der Waals surface area contributed by atoms with E-state index in [0.29, 0.717) is 6.10 Å². The zero-order chi connectivity index (χ0) is 16.1. The third kappa shape index (κ3) is 4.45. The Hall–Kier alpha value is -1.60. The van der Waals surface area contributed by atoms with Crippen LogP contribution in [0.1, 0.15) is 43.2 Å². The molecule has 3 rings (SSSR count). The summed E-state index contributed by atoms with van der Waals surface area (Å²) in [6.45, 7) is 2.13. The van der Waals surface area contributed by atoms with Crippen LogP contribution < -0.4 is 0 Å². The molecule has 1 fully saturated rings. The third-order valence-electron chi connectivity index (χ3n) is 5.31. The molecule has 2 aromatic carbocycles. The fourth-order valence-corrected chi connectivity index (χ4v) is 3.64. The van der Waals surface area contributed by atoms with Gasteiger partial charge in [-0.25, -0.2) is 0 Å². The molecule has 0 spiro atoms. The molecule has 0 aliphatic heterocycles. The van der Waals surface area contributed by atoms with Gasteiger partial charge >= 0.3 is 0 Å². The monoisotopic (exact) mass is 308 g/mol. The van der Waals surface area contributed by atoms with Crippen LogP contribution in [0.15, 0.2) is 48.5 Å². The van der Waals surface area contributed by atoms with Crippen LogP contribution in [0, 0.1) is 12.8 Å². The van der Waals surface area contributed by atoms with E-state index in [9.17, 15) is 0 Å². The molecule has 0 saturated heterocycles. The van der Waals surface area contributed by atoms with Crippen molar-refractivity contribution >= 4 is 0 Å². The molecule has 0 bridgehead atoms. The fraction of sp³-hybridized carbons (Fsp3) is 0.455. The van der Waals surface area contributed by atoms with E-state index in [1.165, 1.54) is 60.8 Å². The predicted molar refractivity (Wildman–Crippen MR) is 97.7 cm³/mol. The largest absolute Gasteiger partial charge is 0.381 e. The number of ether oxygens (including phenoxy) is 1. The van der Waals surface area contributed by atoms with E-state index in [2.05, 4.69) is 55.5 Å². The number of benzene rings is 2. The van der Waals surface area contributed by atoms with Gasteiger partial charge in [0, 0.05) is 7.11 Å². The lowest BCUT2D eigenvalue weighted by molar-refractivity contribution is 0.0556. The summed E-state index contributed by atoms with van der Waals surface area (Å²) in [4.78, 5) is 0. The lowest BCUT2D eigenvalue weighted by Crippen LogP contribution is -2.20. The Bertz CT molecular complexity index is 589. The van der Waals surface area contributed by atoms with Gasteiger partial charge in [0.15, 0.2) is 0 Å². The van der Waals surface area contributed by atoms with Crippen molar-refractivity contribution < 1.29 is 4.74 Å². The standard InChI is InChI=1S/C22H28O/c1-17-3-11-20(12-4-17)21-13-7-18(8-14-21)5-6-19-9-15-22(23-2)16-10-19/h3-4,7-8,11-14,19,22H,5-6,9-10,15-16H2,1-2H3. The molecule has 1 aliphatic rings. The lowest BCUT2D eigenvalue weighted by Gasteiger charge is -2.27. The summed E-state index contributed by atoms with van der Waals surface area (Å²) >= 11 is 0. The Morgan fingerprint density at radius 2 is 1.39 bits per heavy atom. The van der Waals surface area contributed by atoms with Crippen molar-refractivity contribution in [2.75, 3.05) is 7.11 Å². The quantitative estimate of drug-likeness (QED) is 0.678. The second-order valence-electron chi connectivity index (χ2n) is 6.98. The lowest BCUT2D eigenvalue weighted by atomic mass is 9.83. The summed E-state index contributed by atoms with van der Waals surface area (Å²) in [5.74, 6) is 0.887. The van der Waals surface area contributed by atoms with E-state index >= 15 is 0 Å². The molecule has 122 valence electrons. The van der Waals surface area contributed by atoms with Gasteiger partial charge in [-0.2, -0.15) is 0 Å². The first kappa shape index (κ1) is 16.3. The Kier molecular flexibility index (Phi) is 5.51. The van der Waals surface area contributed by atoms with Crippen LogP contribution in [0.5, 0.6) is 0 Å². The molecular weight excluding hydrogens is 280 g/mol. The molecule has 1 nitrogen and oxygen atoms in total. The Morgan fingerprint density at radius 1 is 0.826 bits per heavy atom. The van der Waals surface area contributed by atoms with Gasteiger partial charge in [-0.3, -0.25) is 0 Å². The summed E-state index contributed by atoms with van der Waals surface area (Å²) in [5.41, 5.74) is 5.40. The zero-order valence-electron chi connectivity index (χ0n) is 14.4. The minimum absolute atomic E-state index is 0.514. The number of rotatable bonds is 5. The maximum Gasteiger partial charge on any atom is 0.0571 e. The first-order valence-electron chi connectivity index (χ1n) is 8.93. The van der Waals surface area contributed by atoms with Crippen LogP contribution in [-0.4, -0.2) is 13.2 Å². The predicted octanol–water partition coefficient (Wildman–Crippen LogP) is 5.80. The average Bonchev–Trinajstić information content (AvgIpc) is 2.61. The average molecular weight is 308 g/mol. The molecule has 0 aromatic heterocycles. The van der Waals surface area contributed by atoms with Crippen LogP contribution in [0.4, 0.5) is 0 Å². The van der Waals surface area contributed by atoms with Crippen LogP contribution in [0.25, 0.3) is 11.1 Å². The molecule has 0 amide bonds. The molecule has 0 radical (unpaired) electrons. The highest BCUT2D eigenvalue weighted by atomic mass is 16.5. The minimum Gasteiger partial charge on any atom is -0.381 e. The first-order chi connectivity index (χ1) is 11.2. The molecule has 0 unspecified atom stereocenters. The van der Waals surface area contributed by atoms with Gasteiger partial charge in [-0.1, -0.05) is 54.1 Å². The number of aryl methyl sites for hydroxylation is 2. The van der Waals surface area contributed by atoms with Crippen molar-refractivity contribution in [2.24, 2.45) is 5.92 Å². The highest BCUT2D eigenvalue weighted by molar-refractivity contribution is 5.63. The van der Waals surface area contributed by atoms with Crippen molar-refractivity contribution in [3.63, 3.8) is 0 Å². The van der Waals surface area contributed by atoms with Crippen LogP contribution >= 0.6 is 0 Å². The molecule has 23 heavy (non-hydrogen) atoms. The van der Waals surface area contributed by atoms with E-state index < -0.39 is 0 Å². The van der Waals surface area contributed by atoms with Gasteiger partial charge in [0.2, 0.25) is 0 Å². The van der Waals surface area contributed by atoms with Gasteiger partial charge in [0.1, 0.15) is 0 Å². The van der Waals surface area contributed by atoms with Crippen molar-refractivity contribution in [1.82, 2.24) is 0 Å². The van der Waals surface area contributed by atoms with Crippen LogP contribution in [0.3, 0.4) is 0 Å². The topological polar surface area (TPSA) is 9.23 Å². The van der Waals surface area contributed by atoms with Gasteiger partial charge in [-0.05, 0) is 68.1 Å². The van der Waals surface area contributed by atoms with Crippen LogP contribution in [-0.2, 0) is 11.2 Å². The van der Waals surface area contributed by atoms with E-state index in [1.54, 1.807) is 0 Å². The number of hydrogen-bond acceptors (Lipinski definition) is 1. The number of methoxy groups -OCH3 is 1. The minimum atomic E-state index is 0.514. The smallest absolute Gasteiger partial charge is 0.0571 e. The summed E-state index contributed by atoms with van der Waals surface area (Å²) < 4.78 is 5.46. The molecule has 2 aromatic rings. The second-order valence-corrected chi connectivity index (χ2v) is 6.98. The molecular formula is C22H28O. The first-order valence-corrected chi connectivity index (χ1v) is 8.93. The maximum absolute atomic E-state index is 5.46. The number of hydrogen-bond donors (Lipinski definition) is 0. The normalized spacial score (nSPS) is 21.3. The Balaban J connectivity index is 1.53. The maximum atomic E-state index is 5.46. The van der Waals surface area contributed by atoms with Gasteiger partial charge in [0.05, 0.1) is 6.10 Å². The molecule has 1 saturated carbocycles. The molecule has 0 N–H and O–H groups in total. The van der Waals surface area contributed by atoms with Crippen molar-refractivity contribution in [3.05, 3.63) is 59.7 Å². The van der Waals surface area contributed by atoms with E-state index in [4.69, 9.17) is 4.74 Å². The van der Waals surface area contributed by atoms with Crippen molar-refractivity contribution in [2.45, 2.75) is 51.6 Å². The molecule has 0 atom stereocenters. The highest BCUT2D eigenvalue weighted by Crippen LogP contribution is 2.29. The SMILES string of the molecule is COC1CCC(CCc2ccc(-c3ccc(C)cc3)cc2)CC1. The van der Waals surface area contributed by atoms with Crippen LogP contribution in [0.2, 0.25) is 0 Å². The summed E-state index contributed by atoms with van der Waals surface area (Å²) in [5, 5.41) is 0. The van der Waals surface area contributed by atoms with E-state index in [-0.39, 0.29) is 0 Å². The van der Waals surface area contributed by atoms with E-state index in [1.807, 2.05) is 7.11 Å². The third-order valence-corrected chi connectivity index (χ3v) is 5.31. The fourth-order valence-electron chi connectivity index (χ4n) is 3.64. The van der Waals surface area contributed by atoms with Gasteiger partial charge in [-0.15, -0.1) is 0 Å². The Morgan fingerprint density at radius 3 is 1.96 bits per heavy atom. The molecule has 1 aliphatic carbocycles. The summed E-state index contributed by atoms with van der Waals surface area (Å²) in [6, 6.07) is 17.9. The molecule has 0 heterocycles. The van der Waals surface area contributed by atoms with Crippen molar-refractivity contribution in [3.8, 4) is 11.1 Å².